The molecular weight excluding hydrogens is 251 g/mol. The molecule has 106 valence electrons. The van der Waals surface area contributed by atoms with E-state index in [1.54, 1.807) is 6.07 Å². The molecular formula is C17H21FN2. The van der Waals surface area contributed by atoms with E-state index in [4.69, 9.17) is 5.73 Å². The second-order valence-corrected chi connectivity index (χ2v) is 4.93. The first-order valence-corrected chi connectivity index (χ1v) is 7.01. The van der Waals surface area contributed by atoms with E-state index in [1.807, 2.05) is 24.3 Å². The molecule has 0 unspecified atom stereocenters. The van der Waals surface area contributed by atoms with Crippen LogP contribution in [-0.2, 0) is 13.1 Å². The fraction of sp³-hybridized carbons (Fsp3) is 0.294. The topological polar surface area (TPSA) is 29.3 Å². The summed E-state index contributed by atoms with van der Waals surface area (Å²) in [6.07, 6.45) is 1.02. The van der Waals surface area contributed by atoms with Gasteiger partial charge in [0.2, 0.25) is 0 Å². The van der Waals surface area contributed by atoms with E-state index in [0.29, 0.717) is 6.54 Å². The van der Waals surface area contributed by atoms with E-state index in [-0.39, 0.29) is 5.82 Å². The van der Waals surface area contributed by atoms with Gasteiger partial charge < -0.3 is 10.6 Å². The summed E-state index contributed by atoms with van der Waals surface area (Å²) in [5.41, 5.74) is 8.58. The van der Waals surface area contributed by atoms with Crippen LogP contribution in [0.4, 0.5) is 10.1 Å². The minimum Gasteiger partial charge on any atom is -0.367 e. The van der Waals surface area contributed by atoms with Crippen LogP contribution in [0, 0.1) is 5.82 Å². The van der Waals surface area contributed by atoms with E-state index in [1.165, 1.54) is 11.6 Å². The van der Waals surface area contributed by atoms with Crippen LogP contribution in [0.15, 0.2) is 48.5 Å². The van der Waals surface area contributed by atoms with Crippen LogP contribution in [-0.4, -0.2) is 6.54 Å². The average molecular weight is 272 g/mol. The Hall–Kier alpha value is -1.87. The van der Waals surface area contributed by atoms with E-state index in [2.05, 4.69) is 24.0 Å². The Morgan fingerprint density at radius 2 is 1.80 bits per heavy atom. The van der Waals surface area contributed by atoms with Crippen LogP contribution in [0.2, 0.25) is 0 Å². The molecule has 0 amide bonds. The number of anilines is 1. The number of rotatable bonds is 6. The third kappa shape index (κ3) is 3.81. The summed E-state index contributed by atoms with van der Waals surface area (Å²) in [5.74, 6) is -0.225. The number of benzene rings is 2. The lowest BCUT2D eigenvalue weighted by Crippen LogP contribution is -2.23. The van der Waals surface area contributed by atoms with Crippen molar-refractivity contribution in [2.24, 2.45) is 5.73 Å². The summed E-state index contributed by atoms with van der Waals surface area (Å²) < 4.78 is 13.7. The number of hydrogen-bond acceptors (Lipinski definition) is 2. The zero-order chi connectivity index (χ0) is 14.4. The minimum absolute atomic E-state index is 0.225. The van der Waals surface area contributed by atoms with Gasteiger partial charge in [0.05, 0.1) is 0 Å². The zero-order valence-corrected chi connectivity index (χ0v) is 11.8. The molecule has 3 heteroatoms. The largest absolute Gasteiger partial charge is 0.367 e. The quantitative estimate of drug-likeness (QED) is 0.868. The molecule has 2 aromatic carbocycles. The smallest absolute Gasteiger partial charge is 0.125 e. The summed E-state index contributed by atoms with van der Waals surface area (Å²) in [6.45, 7) is 4.15. The van der Waals surface area contributed by atoms with Crippen molar-refractivity contribution >= 4 is 5.69 Å². The highest BCUT2D eigenvalue weighted by Gasteiger charge is 2.09. The van der Waals surface area contributed by atoms with Crippen molar-refractivity contribution < 1.29 is 4.39 Å². The highest BCUT2D eigenvalue weighted by Crippen LogP contribution is 2.21. The fourth-order valence-corrected chi connectivity index (χ4v) is 2.31. The van der Waals surface area contributed by atoms with Gasteiger partial charge in [0, 0.05) is 25.3 Å². The maximum Gasteiger partial charge on any atom is 0.125 e. The monoisotopic (exact) mass is 272 g/mol. The molecule has 2 nitrogen and oxygen atoms in total. The van der Waals surface area contributed by atoms with Crippen molar-refractivity contribution in [3.63, 3.8) is 0 Å². The van der Waals surface area contributed by atoms with Crippen LogP contribution < -0.4 is 10.6 Å². The molecule has 0 bridgehead atoms. The predicted octanol–water partition coefficient (Wildman–Crippen LogP) is 3.70. The number of nitrogens with two attached hydrogens (primary N) is 1. The third-order valence-electron chi connectivity index (χ3n) is 3.25. The average Bonchev–Trinajstić information content (AvgIpc) is 2.47. The first-order chi connectivity index (χ1) is 9.72. The molecule has 0 aromatic heterocycles. The van der Waals surface area contributed by atoms with Gasteiger partial charge in [-0.3, -0.25) is 0 Å². The Balaban J connectivity index is 2.26. The Kier molecular flexibility index (Phi) is 5.13. The molecule has 20 heavy (non-hydrogen) atoms. The molecule has 0 aliphatic rings. The van der Waals surface area contributed by atoms with E-state index in [9.17, 15) is 4.39 Å². The third-order valence-corrected chi connectivity index (χ3v) is 3.25. The Morgan fingerprint density at radius 1 is 1.05 bits per heavy atom. The molecule has 2 rings (SSSR count). The van der Waals surface area contributed by atoms with E-state index >= 15 is 0 Å². The first-order valence-electron chi connectivity index (χ1n) is 7.01. The molecule has 0 heterocycles. The molecule has 2 aromatic rings. The molecule has 0 atom stereocenters. The van der Waals surface area contributed by atoms with Gasteiger partial charge >= 0.3 is 0 Å². The van der Waals surface area contributed by atoms with Gasteiger partial charge in [-0.1, -0.05) is 37.3 Å². The predicted molar refractivity (Wildman–Crippen MR) is 82.1 cm³/mol. The lowest BCUT2D eigenvalue weighted by atomic mass is 10.1. The fourth-order valence-electron chi connectivity index (χ4n) is 2.31. The van der Waals surface area contributed by atoms with Crippen molar-refractivity contribution in [2.45, 2.75) is 26.4 Å². The van der Waals surface area contributed by atoms with Crippen molar-refractivity contribution in [1.29, 1.82) is 0 Å². The summed E-state index contributed by atoms with van der Waals surface area (Å²) in [4.78, 5) is 2.19. The second-order valence-electron chi connectivity index (χ2n) is 4.93. The number of halogens is 1. The van der Waals surface area contributed by atoms with Gasteiger partial charge in [0.1, 0.15) is 5.82 Å². The Bertz CT molecular complexity index is 540. The molecule has 0 aliphatic carbocycles. The summed E-state index contributed by atoms with van der Waals surface area (Å²) >= 11 is 0. The lowest BCUT2D eigenvalue weighted by molar-refractivity contribution is 0.623. The Labute approximate surface area is 120 Å². The van der Waals surface area contributed by atoms with Crippen LogP contribution in [0.3, 0.4) is 0 Å². The van der Waals surface area contributed by atoms with Crippen molar-refractivity contribution in [3.05, 3.63) is 65.5 Å². The van der Waals surface area contributed by atoms with Crippen molar-refractivity contribution in [1.82, 2.24) is 0 Å². The molecule has 0 fully saturated rings. The van der Waals surface area contributed by atoms with Crippen LogP contribution >= 0.6 is 0 Å². The highest BCUT2D eigenvalue weighted by molar-refractivity contribution is 5.49. The van der Waals surface area contributed by atoms with Gasteiger partial charge in [0.15, 0.2) is 0 Å². The molecule has 0 saturated heterocycles. The summed E-state index contributed by atoms with van der Waals surface area (Å²) in [5, 5.41) is 0. The van der Waals surface area contributed by atoms with Gasteiger partial charge in [-0.15, -0.1) is 0 Å². The van der Waals surface area contributed by atoms with Gasteiger partial charge in [-0.25, -0.2) is 4.39 Å². The van der Waals surface area contributed by atoms with Gasteiger partial charge in [-0.2, -0.15) is 0 Å². The number of hydrogen-bond donors (Lipinski definition) is 1. The lowest BCUT2D eigenvalue weighted by Gasteiger charge is -2.25. The van der Waals surface area contributed by atoms with Gasteiger partial charge in [-0.05, 0) is 35.7 Å². The molecule has 2 N–H and O–H groups in total. The minimum atomic E-state index is -0.225. The number of nitrogens with zero attached hydrogens (tertiary/aromatic N) is 1. The van der Waals surface area contributed by atoms with Gasteiger partial charge in [0.25, 0.3) is 0 Å². The van der Waals surface area contributed by atoms with Crippen molar-refractivity contribution in [2.75, 3.05) is 11.4 Å². The standard InChI is InChI=1S/C17H21FN2/c1-2-8-20(13-14-6-4-3-5-7-14)17-10-15(12-19)9-16(18)11-17/h3-7,9-11H,2,8,12-13,19H2,1H3. The van der Waals surface area contributed by atoms with Crippen LogP contribution in [0.5, 0.6) is 0 Å². The van der Waals surface area contributed by atoms with E-state index < -0.39 is 0 Å². The highest BCUT2D eigenvalue weighted by atomic mass is 19.1. The summed E-state index contributed by atoms with van der Waals surface area (Å²) in [7, 11) is 0. The Morgan fingerprint density at radius 3 is 2.45 bits per heavy atom. The maximum absolute atomic E-state index is 13.7. The molecule has 0 saturated carbocycles. The molecule has 0 spiro atoms. The van der Waals surface area contributed by atoms with Crippen LogP contribution in [0.1, 0.15) is 24.5 Å². The summed E-state index contributed by atoms with van der Waals surface area (Å²) in [6, 6.07) is 15.3. The van der Waals surface area contributed by atoms with Crippen LogP contribution in [0.25, 0.3) is 0 Å². The maximum atomic E-state index is 13.7. The zero-order valence-electron chi connectivity index (χ0n) is 11.8. The molecule has 0 radical (unpaired) electrons. The van der Waals surface area contributed by atoms with E-state index in [0.717, 1.165) is 30.8 Å². The normalized spacial score (nSPS) is 10.6. The SMILES string of the molecule is CCCN(Cc1ccccc1)c1cc(F)cc(CN)c1. The van der Waals surface area contributed by atoms with Crippen molar-refractivity contribution in [3.8, 4) is 0 Å². The first kappa shape index (κ1) is 14.5. The molecule has 0 aliphatic heterocycles. The second kappa shape index (κ2) is 7.06.